The molecule has 1 aliphatic rings. The molecule has 1 fully saturated rings. The molecule has 186 valence electrons. The van der Waals surface area contributed by atoms with E-state index in [0.29, 0.717) is 5.52 Å². The van der Waals surface area contributed by atoms with E-state index >= 15 is 0 Å². The Morgan fingerprint density at radius 2 is 2.11 bits per heavy atom. The van der Waals surface area contributed by atoms with Crippen molar-refractivity contribution in [1.29, 1.82) is 0 Å². The van der Waals surface area contributed by atoms with E-state index in [2.05, 4.69) is 20.7 Å². The summed E-state index contributed by atoms with van der Waals surface area (Å²) in [4.78, 5) is 29.1. The molecule has 35 heavy (non-hydrogen) atoms. The molecule has 1 amide bonds. The van der Waals surface area contributed by atoms with Gasteiger partial charge in [0.1, 0.15) is 11.6 Å². The summed E-state index contributed by atoms with van der Waals surface area (Å²) in [5.74, 6) is -1.44. The number of carbonyl (C=O) groups is 2. The van der Waals surface area contributed by atoms with E-state index in [1.807, 2.05) is 0 Å². The molecule has 1 unspecified atom stereocenters. The molecule has 0 bridgehead atoms. The first-order chi connectivity index (χ1) is 17.7. The molecule has 0 radical (unpaired) electrons. The fourth-order valence-corrected chi connectivity index (χ4v) is 3.69. The second-order valence-corrected chi connectivity index (χ2v) is 8.10. The minimum Gasteiger partial charge on any atom is -0.496 e. The zero-order chi connectivity index (χ0) is 28.0. The highest BCUT2D eigenvalue weighted by molar-refractivity contribution is 6.04. The monoisotopic (exact) mass is 494 g/mol. The standard InChI is InChI=1S/C23H24F3N5O4/c1-4-16(32)13-10-27-17(29-22(34)11-5-6-11)9-14(13)28-21-18-15(31(2)30-21)8-7-12(19(18)35-3)20(33)23(24,25)26/h7-11,20,33H,4-6H2,1-3H3,(H2,27,28,29,30,34)/i1D3. The van der Waals surface area contributed by atoms with E-state index in [4.69, 9.17) is 8.85 Å². The molecule has 1 saturated carbocycles. The smallest absolute Gasteiger partial charge is 0.418 e. The molecule has 12 heteroatoms. The van der Waals surface area contributed by atoms with Gasteiger partial charge in [0.25, 0.3) is 0 Å². The van der Waals surface area contributed by atoms with Gasteiger partial charge < -0.3 is 20.5 Å². The summed E-state index contributed by atoms with van der Waals surface area (Å²) in [6, 6.07) is 3.72. The Kier molecular flexibility index (Phi) is 5.42. The van der Waals surface area contributed by atoms with Gasteiger partial charge in [0.2, 0.25) is 5.91 Å². The van der Waals surface area contributed by atoms with E-state index in [-0.39, 0.29) is 45.8 Å². The van der Waals surface area contributed by atoms with Crippen molar-refractivity contribution in [3.8, 4) is 5.75 Å². The minimum absolute atomic E-state index is 0.0178. The molecule has 0 spiro atoms. The van der Waals surface area contributed by atoms with E-state index < -0.39 is 36.9 Å². The summed E-state index contributed by atoms with van der Waals surface area (Å²) in [5, 5.41) is 19.8. The van der Waals surface area contributed by atoms with Crippen molar-refractivity contribution in [2.75, 3.05) is 17.7 Å². The number of methoxy groups -OCH3 is 1. The molecule has 2 heterocycles. The number of pyridine rings is 1. The van der Waals surface area contributed by atoms with Gasteiger partial charge in [-0.1, -0.05) is 12.9 Å². The fraction of sp³-hybridized carbons (Fsp3) is 0.391. The summed E-state index contributed by atoms with van der Waals surface area (Å²) in [6.07, 6.45) is -6.02. The largest absolute Gasteiger partial charge is 0.496 e. The number of nitrogens with one attached hydrogen (secondary N) is 2. The fourth-order valence-electron chi connectivity index (χ4n) is 3.69. The van der Waals surface area contributed by atoms with Crippen LogP contribution >= 0.6 is 0 Å². The van der Waals surface area contributed by atoms with Crippen LogP contribution in [-0.2, 0) is 11.8 Å². The number of rotatable bonds is 8. The highest BCUT2D eigenvalue weighted by Gasteiger charge is 2.41. The lowest BCUT2D eigenvalue weighted by atomic mass is 10.0. The first-order valence-electron chi connectivity index (χ1n) is 12.1. The maximum atomic E-state index is 13.3. The number of aromatic nitrogens is 3. The number of aliphatic hydroxyl groups excluding tert-OH is 1. The van der Waals surface area contributed by atoms with Gasteiger partial charge in [-0.2, -0.15) is 18.3 Å². The highest BCUT2D eigenvalue weighted by Crippen LogP contribution is 2.43. The predicted octanol–water partition coefficient (Wildman–Crippen LogP) is 4.26. The third-order valence-electron chi connectivity index (χ3n) is 5.63. The average molecular weight is 494 g/mol. The summed E-state index contributed by atoms with van der Waals surface area (Å²) < 4.78 is 68.9. The first kappa shape index (κ1) is 20.7. The molecule has 0 saturated heterocycles. The van der Waals surface area contributed by atoms with Gasteiger partial charge in [-0.3, -0.25) is 14.3 Å². The van der Waals surface area contributed by atoms with E-state index in [0.717, 1.165) is 32.2 Å². The van der Waals surface area contributed by atoms with Crippen molar-refractivity contribution >= 4 is 39.9 Å². The molecule has 0 aliphatic heterocycles. The molecular formula is C23H24F3N5O4. The number of Topliss-reactive ketones (excluding diaryl/α,β-unsaturated/α-hetero) is 1. The lowest BCUT2D eigenvalue weighted by Crippen LogP contribution is -2.20. The molecule has 3 aromatic rings. The first-order valence-corrected chi connectivity index (χ1v) is 10.6. The SMILES string of the molecule is [2H]C([2H])([2H])CC(=O)c1cnc(NC(=O)C2CC2)cc1Nc1nn(C)c2ccc(C(O)C(F)(F)F)c(OC)c12. The van der Waals surface area contributed by atoms with Crippen LogP contribution < -0.4 is 15.4 Å². The number of halogens is 3. The predicted molar refractivity (Wildman–Crippen MR) is 122 cm³/mol. The maximum Gasteiger partial charge on any atom is 0.418 e. The van der Waals surface area contributed by atoms with Gasteiger partial charge in [-0.15, -0.1) is 0 Å². The molecular weight excluding hydrogens is 467 g/mol. The van der Waals surface area contributed by atoms with Crippen LogP contribution in [0.3, 0.4) is 0 Å². The van der Waals surface area contributed by atoms with Crippen molar-refractivity contribution in [3.05, 3.63) is 35.5 Å². The third-order valence-corrected chi connectivity index (χ3v) is 5.63. The van der Waals surface area contributed by atoms with E-state index in [1.54, 1.807) is 0 Å². The Labute approximate surface area is 202 Å². The van der Waals surface area contributed by atoms with Crippen LogP contribution in [-0.4, -0.2) is 44.8 Å². The second-order valence-electron chi connectivity index (χ2n) is 8.10. The molecule has 4 rings (SSSR count). The van der Waals surface area contributed by atoms with E-state index in [1.165, 1.54) is 23.9 Å². The quantitative estimate of drug-likeness (QED) is 0.401. The second kappa shape index (κ2) is 9.17. The summed E-state index contributed by atoms with van der Waals surface area (Å²) in [7, 11) is 2.67. The van der Waals surface area contributed by atoms with Gasteiger partial charge in [0, 0.05) is 41.3 Å². The van der Waals surface area contributed by atoms with Crippen molar-refractivity contribution in [3.63, 3.8) is 0 Å². The maximum absolute atomic E-state index is 13.3. The number of amides is 1. The zero-order valence-corrected chi connectivity index (χ0v) is 18.7. The van der Waals surface area contributed by atoms with Crippen molar-refractivity contribution in [1.82, 2.24) is 14.8 Å². The van der Waals surface area contributed by atoms with E-state index in [9.17, 15) is 27.9 Å². The Morgan fingerprint density at radius 1 is 1.37 bits per heavy atom. The van der Waals surface area contributed by atoms with Gasteiger partial charge >= 0.3 is 6.18 Å². The minimum atomic E-state index is -4.97. The highest BCUT2D eigenvalue weighted by atomic mass is 19.4. The molecule has 1 aromatic carbocycles. The van der Waals surface area contributed by atoms with Gasteiger partial charge in [-0.25, -0.2) is 4.98 Å². The number of ketones is 1. The molecule has 1 aliphatic carbocycles. The van der Waals surface area contributed by atoms with Crippen molar-refractivity contribution in [2.45, 2.75) is 38.4 Å². The van der Waals surface area contributed by atoms with Crippen LogP contribution in [0.15, 0.2) is 24.4 Å². The van der Waals surface area contributed by atoms with Crippen LogP contribution in [0.4, 0.5) is 30.5 Å². The number of hydrogen-bond acceptors (Lipinski definition) is 7. The number of alkyl halides is 3. The van der Waals surface area contributed by atoms with Crippen LogP contribution in [0.2, 0.25) is 0 Å². The molecule has 3 N–H and O–H groups in total. The number of benzene rings is 1. The van der Waals surface area contributed by atoms with Crippen LogP contribution in [0.5, 0.6) is 5.75 Å². The molecule has 9 nitrogen and oxygen atoms in total. The lowest BCUT2D eigenvalue weighted by molar-refractivity contribution is -0.207. The number of anilines is 3. The number of hydrogen-bond donors (Lipinski definition) is 3. The topological polar surface area (TPSA) is 118 Å². The number of fused-ring (bicyclic) bond motifs is 1. The number of carbonyl (C=O) groups excluding carboxylic acids is 2. The number of aryl methyl sites for hydroxylation is 1. The Morgan fingerprint density at radius 3 is 2.74 bits per heavy atom. The van der Waals surface area contributed by atoms with Crippen LogP contribution in [0, 0.1) is 5.92 Å². The van der Waals surface area contributed by atoms with Gasteiger partial charge in [0.15, 0.2) is 17.7 Å². The average Bonchev–Trinajstić information content (AvgIpc) is 3.61. The molecule has 2 aromatic heterocycles. The number of nitrogens with zero attached hydrogens (tertiary/aromatic N) is 3. The third kappa shape index (κ3) is 4.78. The summed E-state index contributed by atoms with van der Waals surface area (Å²) in [5.41, 5.74) is -0.317. The van der Waals surface area contributed by atoms with Crippen molar-refractivity contribution in [2.24, 2.45) is 13.0 Å². The lowest BCUT2D eigenvalue weighted by Gasteiger charge is -2.18. The Balaban J connectivity index is 1.82. The van der Waals surface area contributed by atoms with Crippen molar-refractivity contribution < 1.29 is 36.7 Å². The zero-order valence-electron chi connectivity index (χ0n) is 21.7. The molecule has 1 atom stereocenters. The number of ether oxygens (including phenoxy) is 1. The van der Waals surface area contributed by atoms with Crippen LogP contribution in [0.25, 0.3) is 10.9 Å². The summed E-state index contributed by atoms with van der Waals surface area (Å²) in [6.45, 7) is -2.57. The Bertz CT molecular complexity index is 1400. The Hall–Kier alpha value is -3.67. The number of aliphatic hydroxyl groups is 1. The van der Waals surface area contributed by atoms with Gasteiger partial charge in [-0.05, 0) is 18.9 Å². The van der Waals surface area contributed by atoms with Gasteiger partial charge in [0.05, 0.1) is 29.3 Å². The normalized spacial score (nSPS) is 16.2. The summed E-state index contributed by atoms with van der Waals surface area (Å²) >= 11 is 0. The van der Waals surface area contributed by atoms with Crippen LogP contribution in [0.1, 0.15) is 52.3 Å².